The molecule has 0 aliphatic rings. The van der Waals surface area contributed by atoms with Crippen LogP contribution in [0, 0.1) is 6.92 Å². The number of methoxy groups -OCH3 is 1. The summed E-state index contributed by atoms with van der Waals surface area (Å²) in [5.74, 6) is 0. The standard InChI is InChI=1S/C12H23N3O/c1-5-15-11(8-10(2)14-15)9-12(3,13)6-7-16-4/h8H,5-7,9,13H2,1-4H3. The lowest BCUT2D eigenvalue weighted by Crippen LogP contribution is -2.40. The van der Waals surface area contributed by atoms with Gasteiger partial charge in [-0.2, -0.15) is 5.10 Å². The maximum atomic E-state index is 6.25. The second-order valence-electron chi connectivity index (χ2n) is 4.67. The van der Waals surface area contributed by atoms with Crippen LogP contribution in [0.25, 0.3) is 0 Å². The van der Waals surface area contributed by atoms with E-state index in [1.807, 2.05) is 11.6 Å². The van der Waals surface area contributed by atoms with Gasteiger partial charge >= 0.3 is 0 Å². The molecule has 1 heterocycles. The number of ether oxygens (including phenoxy) is 1. The molecule has 1 aromatic heterocycles. The Bertz CT molecular complexity index is 331. The zero-order valence-corrected chi connectivity index (χ0v) is 10.8. The van der Waals surface area contributed by atoms with E-state index in [0.717, 1.165) is 25.1 Å². The summed E-state index contributed by atoms with van der Waals surface area (Å²) in [6.45, 7) is 7.77. The van der Waals surface area contributed by atoms with Crippen molar-refractivity contribution in [2.24, 2.45) is 5.73 Å². The minimum Gasteiger partial charge on any atom is -0.385 e. The third-order valence-electron chi connectivity index (χ3n) is 2.75. The van der Waals surface area contributed by atoms with Crippen LogP contribution >= 0.6 is 0 Å². The normalized spacial score (nSPS) is 15.1. The third-order valence-corrected chi connectivity index (χ3v) is 2.75. The highest BCUT2D eigenvalue weighted by Gasteiger charge is 2.21. The molecule has 1 unspecified atom stereocenters. The van der Waals surface area contributed by atoms with Gasteiger partial charge in [0.25, 0.3) is 0 Å². The van der Waals surface area contributed by atoms with Crippen LogP contribution in [0.1, 0.15) is 31.7 Å². The molecule has 4 nitrogen and oxygen atoms in total. The topological polar surface area (TPSA) is 53.1 Å². The van der Waals surface area contributed by atoms with E-state index in [4.69, 9.17) is 10.5 Å². The molecule has 0 saturated carbocycles. The predicted molar refractivity (Wildman–Crippen MR) is 65.4 cm³/mol. The quantitative estimate of drug-likeness (QED) is 0.798. The van der Waals surface area contributed by atoms with Gasteiger partial charge in [0.2, 0.25) is 0 Å². The number of nitrogens with two attached hydrogens (primary N) is 1. The average molecular weight is 225 g/mol. The second kappa shape index (κ2) is 5.46. The van der Waals surface area contributed by atoms with Gasteiger partial charge in [-0.1, -0.05) is 0 Å². The monoisotopic (exact) mass is 225 g/mol. The van der Waals surface area contributed by atoms with Crippen molar-refractivity contribution in [1.82, 2.24) is 9.78 Å². The predicted octanol–water partition coefficient (Wildman–Crippen LogP) is 1.51. The molecular formula is C12H23N3O. The van der Waals surface area contributed by atoms with Gasteiger partial charge in [-0.15, -0.1) is 0 Å². The SMILES string of the molecule is CCn1nc(C)cc1CC(C)(N)CCOC. The molecular weight excluding hydrogens is 202 g/mol. The zero-order valence-electron chi connectivity index (χ0n) is 10.8. The molecule has 0 aliphatic carbocycles. The van der Waals surface area contributed by atoms with E-state index in [1.54, 1.807) is 7.11 Å². The van der Waals surface area contributed by atoms with Crippen molar-refractivity contribution in [1.29, 1.82) is 0 Å². The summed E-state index contributed by atoms with van der Waals surface area (Å²) in [5.41, 5.74) is 8.28. The van der Waals surface area contributed by atoms with Gasteiger partial charge in [0, 0.05) is 37.9 Å². The Balaban J connectivity index is 2.70. The highest BCUT2D eigenvalue weighted by atomic mass is 16.5. The summed E-state index contributed by atoms with van der Waals surface area (Å²) in [4.78, 5) is 0. The van der Waals surface area contributed by atoms with Crippen LogP contribution in [0.5, 0.6) is 0 Å². The molecule has 1 rings (SSSR count). The summed E-state index contributed by atoms with van der Waals surface area (Å²) < 4.78 is 7.10. The summed E-state index contributed by atoms with van der Waals surface area (Å²) in [6.07, 6.45) is 1.70. The number of aromatic nitrogens is 2. The number of nitrogens with zero attached hydrogens (tertiary/aromatic N) is 2. The van der Waals surface area contributed by atoms with Gasteiger partial charge in [-0.3, -0.25) is 4.68 Å². The molecule has 1 atom stereocenters. The molecule has 0 fully saturated rings. The maximum Gasteiger partial charge on any atom is 0.0596 e. The van der Waals surface area contributed by atoms with E-state index < -0.39 is 0 Å². The van der Waals surface area contributed by atoms with E-state index in [0.29, 0.717) is 6.61 Å². The van der Waals surface area contributed by atoms with Crippen LogP contribution in [0.15, 0.2) is 6.07 Å². The summed E-state index contributed by atoms with van der Waals surface area (Å²) >= 11 is 0. The maximum absolute atomic E-state index is 6.25. The number of rotatable bonds is 6. The molecule has 0 aromatic carbocycles. The van der Waals surface area contributed by atoms with Crippen molar-refractivity contribution >= 4 is 0 Å². The molecule has 16 heavy (non-hydrogen) atoms. The first-order chi connectivity index (χ1) is 7.48. The molecule has 4 heteroatoms. The van der Waals surface area contributed by atoms with E-state index >= 15 is 0 Å². The van der Waals surface area contributed by atoms with Crippen LogP contribution in [-0.4, -0.2) is 29.0 Å². The van der Waals surface area contributed by atoms with Crippen molar-refractivity contribution < 1.29 is 4.74 Å². The first kappa shape index (κ1) is 13.2. The molecule has 1 aromatic rings. The van der Waals surface area contributed by atoms with Gasteiger partial charge in [0.05, 0.1) is 5.69 Å². The summed E-state index contributed by atoms with van der Waals surface area (Å²) in [6, 6.07) is 2.11. The zero-order chi connectivity index (χ0) is 12.2. The summed E-state index contributed by atoms with van der Waals surface area (Å²) in [5, 5.41) is 4.42. The second-order valence-corrected chi connectivity index (χ2v) is 4.67. The lowest BCUT2D eigenvalue weighted by Gasteiger charge is -2.24. The Hall–Kier alpha value is -0.870. The molecule has 92 valence electrons. The fourth-order valence-electron chi connectivity index (χ4n) is 1.85. The van der Waals surface area contributed by atoms with Crippen molar-refractivity contribution in [2.45, 2.75) is 45.7 Å². The highest BCUT2D eigenvalue weighted by molar-refractivity contribution is 5.12. The third kappa shape index (κ3) is 3.61. The van der Waals surface area contributed by atoms with Crippen LogP contribution in [0.2, 0.25) is 0 Å². The van der Waals surface area contributed by atoms with Crippen LogP contribution < -0.4 is 5.73 Å². The van der Waals surface area contributed by atoms with Crippen LogP contribution in [0.4, 0.5) is 0 Å². The van der Waals surface area contributed by atoms with E-state index in [9.17, 15) is 0 Å². The first-order valence-electron chi connectivity index (χ1n) is 5.79. The average Bonchev–Trinajstić information content (AvgIpc) is 2.55. The van der Waals surface area contributed by atoms with Gasteiger partial charge in [0.15, 0.2) is 0 Å². The van der Waals surface area contributed by atoms with E-state index in [-0.39, 0.29) is 5.54 Å². The Morgan fingerprint density at radius 1 is 1.56 bits per heavy atom. The Kier molecular flexibility index (Phi) is 4.50. The van der Waals surface area contributed by atoms with E-state index in [1.165, 1.54) is 5.69 Å². The molecule has 0 aliphatic heterocycles. The number of hydrogen-bond donors (Lipinski definition) is 1. The van der Waals surface area contributed by atoms with Crippen LogP contribution in [-0.2, 0) is 17.7 Å². The lowest BCUT2D eigenvalue weighted by molar-refractivity contribution is 0.171. The molecule has 0 saturated heterocycles. The molecule has 2 N–H and O–H groups in total. The Labute approximate surface area is 97.8 Å². The molecule has 0 spiro atoms. The first-order valence-corrected chi connectivity index (χ1v) is 5.79. The fourth-order valence-corrected chi connectivity index (χ4v) is 1.85. The Morgan fingerprint density at radius 2 is 2.25 bits per heavy atom. The van der Waals surface area contributed by atoms with Crippen molar-refractivity contribution in [2.75, 3.05) is 13.7 Å². The molecule has 0 bridgehead atoms. The van der Waals surface area contributed by atoms with E-state index in [2.05, 4.69) is 25.0 Å². The highest BCUT2D eigenvalue weighted by Crippen LogP contribution is 2.15. The van der Waals surface area contributed by atoms with Crippen molar-refractivity contribution in [3.8, 4) is 0 Å². The number of hydrogen-bond acceptors (Lipinski definition) is 3. The van der Waals surface area contributed by atoms with Gasteiger partial charge < -0.3 is 10.5 Å². The Morgan fingerprint density at radius 3 is 2.81 bits per heavy atom. The number of aryl methyl sites for hydroxylation is 2. The van der Waals surface area contributed by atoms with Gasteiger partial charge in [-0.05, 0) is 33.3 Å². The molecule has 0 radical (unpaired) electrons. The molecule has 0 amide bonds. The summed E-state index contributed by atoms with van der Waals surface area (Å²) in [7, 11) is 1.70. The van der Waals surface area contributed by atoms with Crippen molar-refractivity contribution in [3.05, 3.63) is 17.5 Å². The smallest absolute Gasteiger partial charge is 0.0596 e. The van der Waals surface area contributed by atoms with Gasteiger partial charge in [-0.25, -0.2) is 0 Å². The minimum atomic E-state index is -0.227. The minimum absolute atomic E-state index is 0.227. The lowest BCUT2D eigenvalue weighted by atomic mass is 9.93. The largest absolute Gasteiger partial charge is 0.385 e. The van der Waals surface area contributed by atoms with Gasteiger partial charge in [0.1, 0.15) is 0 Å². The van der Waals surface area contributed by atoms with Crippen molar-refractivity contribution in [3.63, 3.8) is 0 Å². The van der Waals surface area contributed by atoms with Crippen LogP contribution in [0.3, 0.4) is 0 Å². The fraction of sp³-hybridized carbons (Fsp3) is 0.750.